The molecule has 0 heterocycles. The number of ether oxygens (including phenoxy) is 1. The average Bonchev–Trinajstić information content (AvgIpc) is 3.35. The number of hydrogen-bond donors (Lipinski definition) is 0. The largest absolute Gasteiger partial charge is 0.462 e. The summed E-state index contributed by atoms with van der Waals surface area (Å²) in [5.74, 6) is 3.13. The van der Waals surface area contributed by atoms with Gasteiger partial charge in [-0.05, 0) is 123 Å². The second kappa shape index (κ2) is 7.85. The van der Waals surface area contributed by atoms with E-state index in [1.54, 1.807) is 6.92 Å². The third kappa shape index (κ3) is 3.14. The molecule has 0 bridgehead atoms. The van der Waals surface area contributed by atoms with Gasteiger partial charge in [0.05, 0.1) is 0 Å². The second-order valence-electron chi connectivity index (χ2n) is 14.9. The van der Waals surface area contributed by atoms with Crippen molar-refractivity contribution in [3.05, 3.63) is 12.2 Å². The van der Waals surface area contributed by atoms with Gasteiger partial charge in [-0.3, -0.25) is 4.79 Å². The maximum atomic E-state index is 11.8. The third-order valence-corrected chi connectivity index (χ3v) is 13.6. The molecular weight excluding hydrogens is 416 g/mol. The zero-order chi connectivity index (χ0) is 24.7. The Kier molecular flexibility index (Phi) is 5.75. The summed E-state index contributed by atoms with van der Waals surface area (Å²) >= 11 is 0. The minimum Gasteiger partial charge on any atom is -0.462 e. The van der Waals surface area contributed by atoms with Gasteiger partial charge in [0.2, 0.25) is 0 Å². The molecule has 0 amide bonds. The summed E-state index contributed by atoms with van der Waals surface area (Å²) < 4.78 is 5.90. The molecule has 0 aromatic rings. The highest BCUT2D eigenvalue weighted by atomic mass is 16.5. The number of allylic oxidation sites excluding steroid dienone is 1. The highest BCUT2D eigenvalue weighted by molar-refractivity contribution is 5.66. The summed E-state index contributed by atoms with van der Waals surface area (Å²) in [6, 6.07) is 0. The molecule has 0 N–H and O–H groups in total. The van der Waals surface area contributed by atoms with Crippen LogP contribution in [0.4, 0.5) is 0 Å². The van der Waals surface area contributed by atoms with E-state index in [1.165, 1.54) is 76.2 Å². The van der Waals surface area contributed by atoms with Crippen LogP contribution in [-0.4, -0.2) is 12.1 Å². The van der Waals surface area contributed by atoms with Gasteiger partial charge in [-0.2, -0.15) is 0 Å². The molecule has 0 unspecified atom stereocenters. The summed E-state index contributed by atoms with van der Waals surface area (Å²) in [5, 5.41) is 0. The lowest BCUT2D eigenvalue weighted by atomic mass is 9.42. The molecule has 192 valence electrons. The molecule has 2 nitrogen and oxygen atoms in total. The SMILES string of the molecule is C=C(C)[C@@H](C)CCC[C@H]1CC[C@@]2(C)[C@H]3CC[C@H]4C(C)(C)[C@@H](OC(C)=O)CC[C@@]45C[C@@]35CC[C@]12C. The van der Waals surface area contributed by atoms with Crippen molar-refractivity contribution in [3.63, 3.8) is 0 Å². The lowest BCUT2D eigenvalue weighted by Crippen LogP contribution is -2.57. The van der Waals surface area contributed by atoms with Gasteiger partial charge in [0, 0.05) is 12.3 Å². The Balaban J connectivity index is 1.35. The molecule has 0 saturated heterocycles. The van der Waals surface area contributed by atoms with Gasteiger partial charge in [-0.15, -0.1) is 0 Å². The molecule has 0 aliphatic heterocycles. The average molecular weight is 469 g/mol. The minimum absolute atomic E-state index is 0.0937. The number of carbonyl (C=O) groups is 1. The van der Waals surface area contributed by atoms with E-state index in [2.05, 4.69) is 48.1 Å². The van der Waals surface area contributed by atoms with Crippen molar-refractivity contribution >= 4 is 5.97 Å². The van der Waals surface area contributed by atoms with Gasteiger partial charge in [-0.25, -0.2) is 0 Å². The van der Waals surface area contributed by atoms with Gasteiger partial charge in [0.15, 0.2) is 0 Å². The van der Waals surface area contributed by atoms with Crippen LogP contribution in [0.15, 0.2) is 12.2 Å². The normalized spacial score (nSPS) is 49.1. The summed E-state index contributed by atoms with van der Waals surface area (Å²) in [7, 11) is 0. The first kappa shape index (κ1) is 24.9. The van der Waals surface area contributed by atoms with Crippen LogP contribution in [-0.2, 0) is 9.53 Å². The first-order valence-electron chi connectivity index (χ1n) is 14.7. The van der Waals surface area contributed by atoms with Crippen molar-refractivity contribution < 1.29 is 9.53 Å². The van der Waals surface area contributed by atoms with E-state index in [9.17, 15) is 4.79 Å². The first-order valence-corrected chi connectivity index (χ1v) is 14.7. The van der Waals surface area contributed by atoms with Crippen LogP contribution in [0.2, 0.25) is 0 Å². The van der Waals surface area contributed by atoms with Crippen molar-refractivity contribution in [3.8, 4) is 0 Å². The fourth-order valence-electron chi connectivity index (χ4n) is 11.2. The topological polar surface area (TPSA) is 26.3 Å². The van der Waals surface area contributed by atoms with Crippen molar-refractivity contribution in [2.45, 2.75) is 132 Å². The van der Waals surface area contributed by atoms with Crippen LogP contribution in [0.1, 0.15) is 126 Å². The van der Waals surface area contributed by atoms with Crippen LogP contribution in [0, 0.1) is 50.7 Å². The van der Waals surface area contributed by atoms with Crippen LogP contribution >= 0.6 is 0 Å². The summed E-state index contributed by atoms with van der Waals surface area (Å²) in [6.45, 7) is 20.6. The van der Waals surface area contributed by atoms with E-state index in [1.807, 2.05) is 0 Å². The van der Waals surface area contributed by atoms with E-state index in [0.717, 1.165) is 24.2 Å². The molecule has 5 aliphatic rings. The third-order valence-electron chi connectivity index (χ3n) is 13.6. The lowest BCUT2D eigenvalue weighted by molar-refractivity contribution is -0.180. The van der Waals surface area contributed by atoms with Gasteiger partial charge in [0.1, 0.15) is 6.10 Å². The van der Waals surface area contributed by atoms with Crippen LogP contribution < -0.4 is 0 Å². The highest BCUT2D eigenvalue weighted by Gasteiger charge is 2.82. The van der Waals surface area contributed by atoms with Crippen molar-refractivity contribution in [2.75, 3.05) is 0 Å². The van der Waals surface area contributed by atoms with Gasteiger partial charge in [0.25, 0.3) is 0 Å². The molecule has 5 aliphatic carbocycles. The Morgan fingerprint density at radius 2 is 1.59 bits per heavy atom. The molecule has 0 radical (unpaired) electrons. The van der Waals surface area contributed by atoms with Crippen LogP contribution in [0.5, 0.6) is 0 Å². The molecular formula is C32H52O2. The molecule has 2 spiro atoms. The molecule has 5 fully saturated rings. The smallest absolute Gasteiger partial charge is 0.302 e. The maximum absolute atomic E-state index is 11.8. The summed E-state index contributed by atoms with van der Waals surface area (Å²) in [6.07, 6.45) is 16.7. The lowest BCUT2D eigenvalue weighted by Gasteiger charge is -2.63. The van der Waals surface area contributed by atoms with Gasteiger partial charge in [-0.1, -0.05) is 53.2 Å². The zero-order valence-electron chi connectivity index (χ0n) is 23.4. The van der Waals surface area contributed by atoms with Crippen LogP contribution in [0.25, 0.3) is 0 Å². The number of rotatable bonds is 6. The Morgan fingerprint density at radius 1 is 0.912 bits per heavy atom. The predicted molar refractivity (Wildman–Crippen MR) is 140 cm³/mol. The maximum Gasteiger partial charge on any atom is 0.302 e. The van der Waals surface area contributed by atoms with E-state index in [-0.39, 0.29) is 17.5 Å². The Hall–Kier alpha value is -0.790. The molecule has 34 heavy (non-hydrogen) atoms. The molecule has 0 aromatic heterocycles. The standard InChI is InChI=1S/C32H52O2/c1-21(2)22(3)10-9-11-24-14-16-30(8)26-13-12-25-28(5,6)27(34-23(4)33)15-17-31(25)20-32(26,31)19-18-29(24,30)7/h22,24-27H,1,9-20H2,2-8H3/t22-,24-,25-,26+,27-,29+,30-,31+,32-/m0/s1. The van der Waals surface area contributed by atoms with Gasteiger partial charge >= 0.3 is 5.97 Å². The minimum atomic E-state index is -0.0937. The molecule has 5 saturated carbocycles. The van der Waals surface area contributed by atoms with Crippen LogP contribution in [0.3, 0.4) is 0 Å². The summed E-state index contributed by atoms with van der Waals surface area (Å²) in [4.78, 5) is 11.8. The predicted octanol–water partition coefficient (Wildman–Crippen LogP) is 8.74. The number of hydrogen-bond acceptors (Lipinski definition) is 2. The van der Waals surface area contributed by atoms with E-state index in [4.69, 9.17) is 4.74 Å². The molecule has 9 atom stereocenters. The van der Waals surface area contributed by atoms with E-state index >= 15 is 0 Å². The van der Waals surface area contributed by atoms with E-state index < -0.39 is 0 Å². The quantitative estimate of drug-likeness (QED) is 0.288. The molecule has 5 rings (SSSR count). The zero-order valence-corrected chi connectivity index (χ0v) is 23.4. The number of esters is 1. The highest BCUT2D eigenvalue weighted by Crippen LogP contribution is 2.89. The molecule has 2 heteroatoms. The first-order chi connectivity index (χ1) is 15.8. The van der Waals surface area contributed by atoms with Crippen molar-refractivity contribution in [1.29, 1.82) is 0 Å². The fourth-order valence-corrected chi connectivity index (χ4v) is 11.2. The Labute approximate surface area is 210 Å². The van der Waals surface area contributed by atoms with E-state index in [0.29, 0.717) is 27.6 Å². The Bertz CT molecular complexity index is 857. The van der Waals surface area contributed by atoms with Crippen molar-refractivity contribution in [1.82, 2.24) is 0 Å². The number of fused-ring (bicyclic) bond motifs is 2. The van der Waals surface area contributed by atoms with Gasteiger partial charge < -0.3 is 4.74 Å². The monoisotopic (exact) mass is 468 g/mol. The Morgan fingerprint density at radius 3 is 2.26 bits per heavy atom. The summed E-state index contributed by atoms with van der Waals surface area (Å²) in [5.41, 5.74) is 3.63. The number of carbonyl (C=O) groups excluding carboxylic acids is 1. The molecule has 0 aromatic carbocycles. The second-order valence-corrected chi connectivity index (χ2v) is 14.9. The fraction of sp³-hybridized carbons (Fsp3) is 0.906. The van der Waals surface area contributed by atoms with Crippen molar-refractivity contribution in [2.24, 2.45) is 50.7 Å².